The van der Waals surface area contributed by atoms with Gasteiger partial charge in [0, 0.05) is 13.0 Å². The number of aliphatic hydroxyl groups is 5. The molecule has 0 aromatic rings. The van der Waals surface area contributed by atoms with Gasteiger partial charge in [0.05, 0.1) is 13.2 Å². The summed E-state index contributed by atoms with van der Waals surface area (Å²) in [4.78, 5) is 23.1. The topological polar surface area (TPSA) is 192 Å². The number of phosphoric acid groups is 1. The summed E-state index contributed by atoms with van der Waals surface area (Å²) in [5.41, 5.74) is 0. The Morgan fingerprint density at radius 2 is 0.810 bits per heavy atom. The Bertz CT molecular complexity index is 973. The molecule has 1 saturated carbocycles. The van der Waals surface area contributed by atoms with Crippen LogP contribution < -0.4 is 0 Å². The Labute approximate surface area is 353 Å². The molecule has 0 bridgehead atoms. The molecule has 6 unspecified atom stereocenters. The Kier molecular flexibility index (Phi) is 35.3. The van der Waals surface area contributed by atoms with Gasteiger partial charge >= 0.3 is 13.8 Å². The maximum atomic E-state index is 12.8. The van der Waals surface area contributed by atoms with Crippen molar-refractivity contribution in [3.8, 4) is 0 Å². The van der Waals surface area contributed by atoms with Gasteiger partial charge in [-0.05, 0) is 12.8 Å². The number of hydrogen-bond acceptors (Lipinski definition) is 11. The first-order chi connectivity index (χ1) is 28.0. The van der Waals surface area contributed by atoms with E-state index in [1.165, 1.54) is 154 Å². The van der Waals surface area contributed by atoms with Crippen LogP contribution in [0.25, 0.3) is 0 Å². The minimum atomic E-state index is -5.01. The largest absolute Gasteiger partial charge is 0.472 e. The summed E-state index contributed by atoms with van der Waals surface area (Å²) in [7, 11) is -5.01. The van der Waals surface area contributed by atoms with Crippen molar-refractivity contribution in [3.63, 3.8) is 0 Å². The van der Waals surface area contributed by atoms with Crippen LogP contribution in [0, 0.1) is 0 Å². The van der Waals surface area contributed by atoms with Crippen LogP contribution >= 0.6 is 7.82 Å². The van der Waals surface area contributed by atoms with Crippen molar-refractivity contribution in [2.75, 3.05) is 19.8 Å². The average Bonchev–Trinajstić information content (AvgIpc) is 3.21. The number of rotatable bonds is 41. The normalized spacial score (nSPS) is 22.6. The standard InChI is InChI=1S/C45H89O12P/c1-3-5-7-9-11-13-15-17-18-19-20-21-22-23-25-27-29-31-33-35-54-36-38(56-39(46)34-32-30-28-26-24-16-14-12-10-8-6-4-2)37-55-58(52,53)57-45-43(50)41(48)40(47)42(49)44(45)51/h38,40-45,47-51H,3-37H2,1-2H3,(H,52,53). The zero-order chi connectivity index (χ0) is 42.7. The summed E-state index contributed by atoms with van der Waals surface area (Å²) in [6.07, 6.45) is 26.0. The van der Waals surface area contributed by atoms with Crippen LogP contribution in [-0.2, 0) is 27.9 Å². The van der Waals surface area contributed by atoms with E-state index < -0.39 is 63.1 Å². The lowest BCUT2D eigenvalue weighted by Crippen LogP contribution is -2.64. The van der Waals surface area contributed by atoms with Gasteiger partial charge < -0.3 is 39.9 Å². The maximum Gasteiger partial charge on any atom is 0.472 e. The van der Waals surface area contributed by atoms with Gasteiger partial charge in [-0.1, -0.05) is 200 Å². The Morgan fingerprint density at radius 1 is 0.483 bits per heavy atom. The fourth-order valence-electron chi connectivity index (χ4n) is 7.65. The molecule has 1 aliphatic rings. The van der Waals surface area contributed by atoms with E-state index in [-0.39, 0.29) is 13.0 Å². The molecule has 0 spiro atoms. The maximum absolute atomic E-state index is 12.8. The predicted octanol–water partition coefficient (Wildman–Crippen LogP) is 9.76. The molecule has 0 radical (unpaired) electrons. The third-order valence-corrected chi connectivity index (χ3v) is 12.5. The molecule has 0 saturated heterocycles. The second-order valence-corrected chi connectivity index (χ2v) is 18.4. The van der Waals surface area contributed by atoms with E-state index in [1.54, 1.807) is 0 Å². The van der Waals surface area contributed by atoms with Crippen molar-refractivity contribution in [3.05, 3.63) is 0 Å². The molecule has 58 heavy (non-hydrogen) atoms. The highest BCUT2D eigenvalue weighted by Gasteiger charge is 2.51. The van der Waals surface area contributed by atoms with Gasteiger partial charge in [0.2, 0.25) is 0 Å². The van der Waals surface area contributed by atoms with E-state index in [1.807, 2.05) is 0 Å². The average molecular weight is 853 g/mol. The van der Waals surface area contributed by atoms with E-state index >= 15 is 0 Å². The Morgan fingerprint density at radius 3 is 1.19 bits per heavy atom. The highest BCUT2D eigenvalue weighted by Crippen LogP contribution is 2.47. The molecule has 0 amide bonds. The van der Waals surface area contributed by atoms with Crippen LogP contribution in [0.4, 0.5) is 0 Å². The summed E-state index contributed by atoms with van der Waals surface area (Å²) >= 11 is 0. The van der Waals surface area contributed by atoms with Gasteiger partial charge in [0.1, 0.15) is 42.7 Å². The number of carbonyl (C=O) groups excluding carboxylic acids is 1. The number of aliphatic hydroxyl groups excluding tert-OH is 5. The van der Waals surface area contributed by atoms with E-state index in [0.717, 1.165) is 38.5 Å². The summed E-state index contributed by atoms with van der Waals surface area (Å²) in [6, 6.07) is 0. The molecular formula is C45H89O12P. The second kappa shape index (κ2) is 36.9. The molecule has 0 aromatic heterocycles. The van der Waals surface area contributed by atoms with Gasteiger partial charge in [-0.15, -0.1) is 0 Å². The van der Waals surface area contributed by atoms with Crippen LogP contribution in [0.5, 0.6) is 0 Å². The Hall–Kier alpha value is -0.660. The molecule has 6 N–H and O–H groups in total. The molecule has 346 valence electrons. The SMILES string of the molecule is CCCCCCCCCCCCCCCCCCCCCOCC(COP(=O)(O)OC1C(O)C(O)C(O)C(O)C1O)OC(=O)CCCCCCCCCCCCCC. The first-order valence-corrected chi connectivity index (χ1v) is 25.4. The molecule has 13 heteroatoms. The van der Waals surface area contributed by atoms with Crippen molar-refractivity contribution < 1.29 is 58.3 Å². The zero-order valence-corrected chi connectivity index (χ0v) is 37.8. The minimum absolute atomic E-state index is 0.0679. The second-order valence-electron chi connectivity index (χ2n) is 17.0. The van der Waals surface area contributed by atoms with Crippen molar-refractivity contribution in [2.24, 2.45) is 0 Å². The van der Waals surface area contributed by atoms with Gasteiger partial charge in [-0.3, -0.25) is 13.8 Å². The molecule has 6 atom stereocenters. The number of hydrogen-bond donors (Lipinski definition) is 6. The van der Waals surface area contributed by atoms with Crippen LogP contribution in [0.2, 0.25) is 0 Å². The summed E-state index contributed by atoms with van der Waals surface area (Å²) < 4.78 is 34.2. The van der Waals surface area contributed by atoms with Gasteiger partial charge in [-0.25, -0.2) is 4.57 Å². The third kappa shape index (κ3) is 28.8. The first kappa shape index (κ1) is 55.4. The summed E-state index contributed by atoms with van der Waals surface area (Å²) in [6.45, 7) is 4.29. The van der Waals surface area contributed by atoms with Gasteiger partial charge in [0.15, 0.2) is 0 Å². The van der Waals surface area contributed by atoms with Crippen LogP contribution in [-0.4, -0.2) is 98.9 Å². The molecular weight excluding hydrogens is 763 g/mol. The number of esters is 1. The van der Waals surface area contributed by atoms with Crippen LogP contribution in [0.3, 0.4) is 0 Å². The van der Waals surface area contributed by atoms with Crippen molar-refractivity contribution in [2.45, 2.75) is 262 Å². The van der Waals surface area contributed by atoms with E-state index in [4.69, 9.17) is 18.5 Å². The minimum Gasteiger partial charge on any atom is -0.457 e. The monoisotopic (exact) mass is 853 g/mol. The zero-order valence-electron chi connectivity index (χ0n) is 36.9. The van der Waals surface area contributed by atoms with E-state index in [0.29, 0.717) is 13.0 Å². The molecule has 0 heterocycles. The number of phosphoric ester groups is 1. The smallest absolute Gasteiger partial charge is 0.457 e. The third-order valence-electron chi connectivity index (χ3n) is 11.5. The predicted molar refractivity (Wildman–Crippen MR) is 230 cm³/mol. The molecule has 1 aliphatic carbocycles. The number of ether oxygens (including phenoxy) is 2. The fourth-order valence-corrected chi connectivity index (χ4v) is 8.62. The molecule has 1 rings (SSSR count). The van der Waals surface area contributed by atoms with E-state index in [9.17, 15) is 39.8 Å². The highest BCUT2D eigenvalue weighted by atomic mass is 31.2. The van der Waals surface area contributed by atoms with Crippen molar-refractivity contribution >= 4 is 13.8 Å². The molecule has 0 aromatic carbocycles. The molecule has 0 aliphatic heterocycles. The van der Waals surface area contributed by atoms with E-state index in [2.05, 4.69) is 13.8 Å². The quantitative estimate of drug-likeness (QED) is 0.0194. The van der Waals surface area contributed by atoms with Crippen LogP contribution in [0.1, 0.15) is 219 Å². The van der Waals surface area contributed by atoms with Gasteiger partial charge in [0.25, 0.3) is 0 Å². The van der Waals surface area contributed by atoms with Crippen molar-refractivity contribution in [1.82, 2.24) is 0 Å². The lowest BCUT2D eigenvalue weighted by atomic mass is 9.85. The van der Waals surface area contributed by atoms with Gasteiger partial charge in [-0.2, -0.15) is 0 Å². The fraction of sp³-hybridized carbons (Fsp3) is 0.978. The lowest BCUT2D eigenvalue weighted by Gasteiger charge is -2.41. The summed E-state index contributed by atoms with van der Waals surface area (Å²) in [5.74, 6) is -0.472. The summed E-state index contributed by atoms with van der Waals surface area (Å²) in [5, 5.41) is 50.2. The Balaban J connectivity index is 2.33. The molecule has 1 fully saturated rings. The number of carbonyl (C=O) groups is 1. The highest BCUT2D eigenvalue weighted by molar-refractivity contribution is 7.47. The molecule has 12 nitrogen and oxygen atoms in total. The lowest BCUT2D eigenvalue weighted by molar-refractivity contribution is -0.220. The number of unbranched alkanes of at least 4 members (excludes halogenated alkanes) is 29. The van der Waals surface area contributed by atoms with Crippen LogP contribution in [0.15, 0.2) is 0 Å². The van der Waals surface area contributed by atoms with Crippen molar-refractivity contribution in [1.29, 1.82) is 0 Å². The first-order valence-electron chi connectivity index (χ1n) is 23.9.